The van der Waals surface area contributed by atoms with Crippen molar-refractivity contribution >= 4 is 17.6 Å². The molecule has 10 nitrogen and oxygen atoms in total. The normalized spacial score (nSPS) is 10.1. The summed E-state index contributed by atoms with van der Waals surface area (Å²) >= 11 is 0. The third kappa shape index (κ3) is 4.97. The maximum atomic E-state index is 11.9. The van der Waals surface area contributed by atoms with Crippen molar-refractivity contribution in [3.63, 3.8) is 0 Å². The van der Waals surface area contributed by atoms with E-state index in [9.17, 15) is 19.2 Å². The summed E-state index contributed by atoms with van der Waals surface area (Å²) in [6.07, 6.45) is 1.16. The van der Waals surface area contributed by atoms with Gasteiger partial charge in [0.05, 0.1) is 19.9 Å². The van der Waals surface area contributed by atoms with Gasteiger partial charge in [0, 0.05) is 18.3 Å². The van der Waals surface area contributed by atoms with Crippen LogP contribution in [0.2, 0.25) is 0 Å². The monoisotopic (exact) mass is 363 g/mol. The summed E-state index contributed by atoms with van der Waals surface area (Å²) in [4.78, 5) is 48.1. The van der Waals surface area contributed by atoms with E-state index in [4.69, 9.17) is 14.2 Å². The van der Waals surface area contributed by atoms with Gasteiger partial charge in [-0.05, 0) is 12.1 Å². The molecule has 0 aliphatic heterocycles. The minimum atomic E-state index is -0.813. The number of rotatable bonds is 7. The molecular weight excluding hydrogens is 346 g/mol. The second kappa shape index (κ2) is 8.51. The van der Waals surface area contributed by atoms with Gasteiger partial charge in [-0.15, -0.1) is 0 Å². The molecule has 0 aliphatic rings. The molecule has 1 amide bonds. The Morgan fingerprint density at radius 2 is 1.92 bits per heavy atom. The van der Waals surface area contributed by atoms with Crippen molar-refractivity contribution in [2.45, 2.75) is 6.54 Å². The van der Waals surface area contributed by atoms with E-state index in [1.807, 2.05) is 4.98 Å². The van der Waals surface area contributed by atoms with E-state index < -0.39 is 36.3 Å². The highest BCUT2D eigenvalue weighted by Gasteiger charge is 2.12. The number of nitrogens with one attached hydrogen (secondary N) is 2. The first-order valence-electron chi connectivity index (χ1n) is 7.40. The van der Waals surface area contributed by atoms with Crippen LogP contribution in [0.3, 0.4) is 0 Å². The quantitative estimate of drug-likeness (QED) is 0.648. The molecule has 0 saturated heterocycles. The van der Waals surface area contributed by atoms with Gasteiger partial charge in [0.25, 0.3) is 11.5 Å². The maximum Gasteiger partial charge on any atom is 0.328 e. The lowest BCUT2D eigenvalue weighted by Gasteiger charge is -2.12. The van der Waals surface area contributed by atoms with Crippen LogP contribution >= 0.6 is 0 Å². The largest absolute Gasteiger partial charge is 0.497 e. The van der Waals surface area contributed by atoms with E-state index in [0.717, 1.165) is 16.8 Å². The number of aromatic nitrogens is 2. The molecule has 138 valence electrons. The predicted molar refractivity (Wildman–Crippen MR) is 90.5 cm³/mol. The topological polar surface area (TPSA) is 129 Å². The SMILES string of the molecule is COc1ccc(OC)c(NC(=O)COC(=O)Cn2ccc(=O)[nH]c2=O)c1. The number of aromatic amines is 1. The molecule has 26 heavy (non-hydrogen) atoms. The van der Waals surface area contributed by atoms with E-state index >= 15 is 0 Å². The highest BCUT2D eigenvalue weighted by atomic mass is 16.5. The summed E-state index contributed by atoms with van der Waals surface area (Å²) in [7, 11) is 2.92. The fourth-order valence-corrected chi connectivity index (χ4v) is 2.00. The van der Waals surface area contributed by atoms with Gasteiger partial charge in [0.15, 0.2) is 6.61 Å². The summed E-state index contributed by atoms with van der Waals surface area (Å²) in [5.74, 6) is -0.494. The van der Waals surface area contributed by atoms with Crippen LogP contribution in [0, 0.1) is 0 Å². The minimum Gasteiger partial charge on any atom is -0.497 e. The molecule has 0 aliphatic carbocycles. The first-order valence-corrected chi connectivity index (χ1v) is 7.40. The Hall–Kier alpha value is -3.56. The Bertz CT molecular complexity index is 917. The van der Waals surface area contributed by atoms with E-state index in [1.54, 1.807) is 18.2 Å². The molecule has 1 aromatic heterocycles. The Labute approximate surface area is 147 Å². The summed E-state index contributed by atoms with van der Waals surface area (Å²) in [5, 5.41) is 2.54. The molecule has 0 spiro atoms. The standard InChI is InChI=1S/C16H17N3O7/c1-24-10-3-4-12(25-2)11(7-10)17-14(21)9-26-15(22)8-19-6-5-13(20)18-16(19)23/h3-7H,8-9H2,1-2H3,(H,17,21)(H,18,20,23). The van der Waals surface area contributed by atoms with Crippen LogP contribution in [0.5, 0.6) is 11.5 Å². The Kier molecular flexibility index (Phi) is 6.15. The van der Waals surface area contributed by atoms with Crippen LogP contribution < -0.4 is 26.0 Å². The average molecular weight is 363 g/mol. The van der Waals surface area contributed by atoms with Crippen molar-refractivity contribution in [1.82, 2.24) is 9.55 Å². The molecule has 10 heteroatoms. The van der Waals surface area contributed by atoms with E-state index in [2.05, 4.69) is 5.32 Å². The van der Waals surface area contributed by atoms with Gasteiger partial charge in [0.2, 0.25) is 0 Å². The second-order valence-corrected chi connectivity index (χ2v) is 5.01. The van der Waals surface area contributed by atoms with E-state index in [1.165, 1.54) is 14.2 Å². The van der Waals surface area contributed by atoms with Gasteiger partial charge in [-0.1, -0.05) is 0 Å². The fraction of sp³-hybridized carbons (Fsp3) is 0.250. The maximum absolute atomic E-state index is 11.9. The molecule has 0 fully saturated rings. The molecule has 1 aromatic carbocycles. The summed E-state index contributed by atoms with van der Waals surface area (Å²) < 4.78 is 16.0. The smallest absolute Gasteiger partial charge is 0.328 e. The predicted octanol–water partition coefficient (Wildman–Crippen LogP) is -0.264. The number of hydrogen-bond acceptors (Lipinski definition) is 7. The van der Waals surface area contributed by atoms with Crippen molar-refractivity contribution in [3.8, 4) is 11.5 Å². The van der Waals surface area contributed by atoms with Gasteiger partial charge in [0.1, 0.15) is 18.0 Å². The molecule has 2 aromatic rings. The molecule has 2 N–H and O–H groups in total. The van der Waals surface area contributed by atoms with Crippen LogP contribution in [0.25, 0.3) is 0 Å². The van der Waals surface area contributed by atoms with E-state index in [-0.39, 0.29) is 0 Å². The van der Waals surface area contributed by atoms with Crippen LogP contribution in [-0.4, -0.2) is 42.3 Å². The minimum absolute atomic E-state index is 0.352. The number of H-pyrrole nitrogens is 1. The van der Waals surface area contributed by atoms with Gasteiger partial charge < -0.3 is 19.5 Å². The number of hydrogen-bond donors (Lipinski definition) is 2. The Balaban J connectivity index is 1.93. The molecule has 2 rings (SSSR count). The summed E-state index contributed by atoms with van der Waals surface area (Å²) in [5.41, 5.74) is -0.976. The second-order valence-electron chi connectivity index (χ2n) is 5.01. The van der Waals surface area contributed by atoms with Crippen LogP contribution in [0.4, 0.5) is 5.69 Å². The molecule has 0 atom stereocenters. The number of methoxy groups -OCH3 is 2. The Morgan fingerprint density at radius 1 is 1.15 bits per heavy atom. The number of benzene rings is 1. The molecule has 0 bridgehead atoms. The third-order valence-corrected chi connectivity index (χ3v) is 3.24. The number of carbonyl (C=O) groups excluding carboxylic acids is 2. The van der Waals surface area contributed by atoms with Gasteiger partial charge in [-0.2, -0.15) is 0 Å². The van der Waals surface area contributed by atoms with Crippen molar-refractivity contribution < 1.29 is 23.8 Å². The molecule has 0 radical (unpaired) electrons. The lowest BCUT2D eigenvalue weighted by atomic mass is 10.2. The van der Waals surface area contributed by atoms with Gasteiger partial charge in [-0.25, -0.2) is 4.79 Å². The van der Waals surface area contributed by atoms with Crippen LogP contribution in [-0.2, 0) is 20.9 Å². The van der Waals surface area contributed by atoms with Gasteiger partial charge in [-0.3, -0.25) is 23.9 Å². The molecule has 0 unspecified atom stereocenters. The molecular formula is C16H17N3O7. The number of esters is 1. The first kappa shape index (κ1) is 18.8. The number of nitrogens with zero attached hydrogens (tertiary/aromatic N) is 1. The van der Waals surface area contributed by atoms with Crippen molar-refractivity contribution in [2.75, 3.05) is 26.1 Å². The van der Waals surface area contributed by atoms with Crippen molar-refractivity contribution in [1.29, 1.82) is 0 Å². The zero-order valence-electron chi connectivity index (χ0n) is 14.1. The zero-order valence-corrected chi connectivity index (χ0v) is 14.1. The molecule has 1 heterocycles. The average Bonchev–Trinajstić information content (AvgIpc) is 2.62. The summed E-state index contributed by atoms with van der Waals surface area (Å²) in [6, 6.07) is 5.92. The van der Waals surface area contributed by atoms with E-state index in [0.29, 0.717) is 17.2 Å². The van der Waals surface area contributed by atoms with Crippen molar-refractivity contribution in [2.24, 2.45) is 0 Å². The van der Waals surface area contributed by atoms with Gasteiger partial charge >= 0.3 is 11.7 Å². The van der Waals surface area contributed by atoms with Crippen LogP contribution in [0.1, 0.15) is 0 Å². The lowest BCUT2D eigenvalue weighted by Crippen LogP contribution is -2.32. The number of anilines is 1. The third-order valence-electron chi connectivity index (χ3n) is 3.24. The number of carbonyl (C=O) groups is 2. The molecule has 0 saturated carbocycles. The lowest BCUT2D eigenvalue weighted by molar-refractivity contribution is -0.148. The number of ether oxygens (including phenoxy) is 3. The zero-order chi connectivity index (χ0) is 19.1. The first-order chi connectivity index (χ1) is 12.4. The fourth-order valence-electron chi connectivity index (χ4n) is 2.00. The summed E-state index contributed by atoms with van der Waals surface area (Å²) in [6.45, 7) is -0.997. The van der Waals surface area contributed by atoms with Crippen LogP contribution in [0.15, 0.2) is 40.1 Å². The van der Waals surface area contributed by atoms with Crippen molar-refractivity contribution in [3.05, 3.63) is 51.3 Å². The highest BCUT2D eigenvalue weighted by Crippen LogP contribution is 2.28. The Morgan fingerprint density at radius 3 is 2.58 bits per heavy atom. The number of amides is 1. The highest BCUT2D eigenvalue weighted by molar-refractivity contribution is 5.94.